The number of carboxylic acids is 1. The van der Waals surface area contributed by atoms with Crippen molar-refractivity contribution in [3.05, 3.63) is 52.0 Å². The Morgan fingerprint density at radius 3 is 2.49 bits per heavy atom. The van der Waals surface area contributed by atoms with E-state index in [0.717, 1.165) is 30.6 Å². The molecule has 3 rings (SSSR count). The molecular formula is C25H31Cl2N3O5. The van der Waals surface area contributed by atoms with Crippen LogP contribution in [0.2, 0.25) is 10.0 Å². The van der Waals surface area contributed by atoms with Gasteiger partial charge in [-0.2, -0.15) is 0 Å². The van der Waals surface area contributed by atoms with E-state index >= 15 is 0 Å². The molecule has 190 valence electrons. The first-order valence-corrected chi connectivity index (χ1v) is 12.3. The summed E-state index contributed by atoms with van der Waals surface area (Å²) >= 11 is 12.2. The van der Waals surface area contributed by atoms with Crippen molar-refractivity contribution in [1.29, 1.82) is 0 Å². The number of benzene rings is 2. The number of nitrogens with one attached hydrogen (secondary N) is 2. The molecular weight excluding hydrogens is 493 g/mol. The minimum atomic E-state index is -0.918. The quantitative estimate of drug-likeness (QED) is 0.361. The molecule has 35 heavy (non-hydrogen) atoms. The summed E-state index contributed by atoms with van der Waals surface area (Å²) in [7, 11) is 1.54. The van der Waals surface area contributed by atoms with E-state index in [-0.39, 0.29) is 25.0 Å². The zero-order valence-corrected chi connectivity index (χ0v) is 21.4. The van der Waals surface area contributed by atoms with Gasteiger partial charge in [0.1, 0.15) is 0 Å². The molecule has 1 aliphatic rings. The Hall–Kier alpha value is -2.52. The number of anilines is 3. The van der Waals surface area contributed by atoms with Gasteiger partial charge in [-0.3, -0.25) is 4.79 Å². The maximum atomic E-state index is 13.0. The van der Waals surface area contributed by atoms with Crippen LogP contribution in [-0.2, 0) is 14.3 Å². The molecule has 2 aromatic rings. The smallest absolute Gasteiger partial charge is 0.323 e. The number of methoxy groups -OCH3 is 1. The molecule has 1 atom stereocenters. The Morgan fingerprint density at radius 1 is 1.14 bits per heavy atom. The third kappa shape index (κ3) is 7.48. The monoisotopic (exact) mass is 523 g/mol. The van der Waals surface area contributed by atoms with Crippen LogP contribution in [0.1, 0.15) is 37.7 Å². The average Bonchev–Trinajstić information content (AvgIpc) is 2.82. The van der Waals surface area contributed by atoms with Crippen molar-refractivity contribution in [3.63, 3.8) is 0 Å². The van der Waals surface area contributed by atoms with Gasteiger partial charge in [0.25, 0.3) is 0 Å². The predicted octanol–water partition coefficient (Wildman–Crippen LogP) is 5.85. The van der Waals surface area contributed by atoms with E-state index in [1.165, 1.54) is 7.11 Å². The molecule has 10 heteroatoms. The van der Waals surface area contributed by atoms with Gasteiger partial charge in [-0.05, 0) is 55.7 Å². The van der Waals surface area contributed by atoms with Crippen LogP contribution in [0.4, 0.5) is 21.9 Å². The molecule has 0 aromatic heterocycles. The topological polar surface area (TPSA) is 100 Å². The minimum Gasteiger partial charge on any atom is -0.481 e. The van der Waals surface area contributed by atoms with Crippen molar-refractivity contribution in [2.45, 2.75) is 38.1 Å². The number of carboxylic acid groups (broad SMARTS) is 1. The van der Waals surface area contributed by atoms with Crippen LogP contribution in [0.3, 0.4) is 0 Å². The minimum absolute atomic E-state index is 0.0866. The lowest BCUT2D eigenvalue weighted by Gasteiger charge is -2.36. The first kappa shape index (κ1) is 27.1. The zero-order valence-electron chi connectivity index (χ0n) is 19.9. The first-order valence-electron chi connectivity index (χ1n) is 11.5. The molecule has 1 fully saturated rings. The maximum absolute atomic E-state index is 13.0. The summed E-state index contributed by atoms with van der Waals surface area (Å²) in [5.74, 6) is -1.28. The number of aliphatic carboxylic acids is 1. The van der Waals surface area contributed by atoms with Crippen molar-refractivity contribution in [2.75, 3.05) is 49.0 Å². The number of rotatable bonds is 10. The van der Waals surface area contributed by atoms with Gasteiger partial charge >= 0.3 is 12.0 Å². The van der Waals surface area contributed by atoms with Crippen LogP contribution in [-0.4, -0.2) is 56.6 Å². The number of carbonyl (C=O) groups is 2. The highest BCUT2D eigenvalue weighted by molar-refractivity contribution is 6.36. The van der Waals surface area contributed by atoms with Crippen LogP contribution < -0.4 is 15.5 Å². The summed E-state index contributed by atoms with van der Waals surface area (Å²) in [6, 6.07) is 10.3. The molecule has 0 unspecified atom stereocenters. The highest BCUT2D eigenvalue weighted by atomic mass is 35.5. The molecule has 0 spiro atoms. The molecule has 1 saturated heterocycles. The fraction of sp³-hybridized carbons (Fsp3) is 0.440. The van der Waals surface area contributed by atoms with Gasteiger partial charge in [0.05, 0.1) is 35.1 Å². The Kier molecular flexibility index (Phi) is 10.0. The molecule has 3 N–H and O–H groups in total. The summed E-state index contributed by atoms with van der Waals surface area (Å²) in [6.45, 7) is 4.42. The maximum Gasteiger partial charge on any atom is 0.323 e. The SMILES string of the molecule is CCN(c1ccc([C@@H](COC)CC(=O)O)cc1NC(=O)Nc1ccc(Cl)cc1Cl)C1CCOCC1. The Balaban J connectivity index is 1.94. The predicted molar refractivity (Wildman–Crippen MR) is 139 cm³/mol. The molecule has 1 aliphatic heterocycles. The highest BCUT2D eigenvalue weighted by Gasteiger charge is 2.25. The summed E-state index contributed by atoms with van der Waals surface area (Å²) < 4.78 is 10.8. The molecule has 0 radical (unpaired) electrons. The van der Waals surface area contributed by atoms with Gasteiger partial charge in [0, 0.05) is 43.9 Å². The van der Waals surface area contributed by atoms with Crippen LogP contribution in [0, 0.1) is 0 Å². The van der Waals surface area contributed by atoms with Crippen LogP contribution in [0.5, 0.6) is 0 Å². The molecule has 0 aliphatic carbocycles. The van der Waals surface area contributed by atoms with E-state index in [1.54, 1.807) is 18.2 Å². The van der Waals surface area contributed by atoms with Gasteiger partial charge in [0.15, 0.2) is 0 Å². The normalized spacial score (nSPS) is 14.9. The first-order chi connectivity index (χ1) is 16.8. The van der Waals surface area contributed by atoms with Crippen molar-refractivity contribution in [2.24, 2.45) is 0 Å². The van der Waals surface area contributed by atoms with E-state index in [9.17, 15) is 14.7 Å². The van der Waals surface area contributed by atoms with Gasteiger partial charge in [-0.25, -0.2) is 4.79 Å². The summed E-state index contributed by atoms with van der Waals surface area (Å²) in [5, 5.41) is 15.9. The number of hydrogen-bond acceptors (Lipinski definition) is 5. The van der Waals surface area contributed by atoms with E-state index in [0.29, 0.717) is 34.6 Å². The lowest BCUT2D eigenvalue weighted by molar-refractivity contribution is -0.137. The number of nitrogens with zero attached hydrogens (tertiary/aromatic N) is 1. The lowest BCUT2D eigenvalue weighted by Crippen LogP contribution is -2.40. The number of ether oxygens (including phenoxy) is 2. The van der Waals surface area contributed by atoms with E-state index in [4.69, 9.17) is 32.7 Å². The second-order valence-corrected chi connectivity index (χ2v) is 9.20. The average molecular weight is 524 g/mol. The molecule has 2 aromatic carbocycles. The number of urea groups is 1. The third-order valence-corrected chi connectivity index (χ3v) is 6.54. The fourth-order valence-corrected chi connectivity index (χ4v) is 4.79. The Morgan fingerprint density at radius 2 is 1.86 bits per heavy atom. The number of hydrogen-bond donors (Lipinski definition) is 3. The van der Waals surface area contributed by atoms with Gasteiger partial charge in [-0.15, -0.1) is 0 Å². The van der Waals surface area contributed by atoms with Crippen molar-refractivity contribution in [3.8, 4) is 0 Å². The number of halogens is 2. The summed E-state index contributed by atoms with van der Waals surface area (Å²) in [4.78, 5) is 26.7. The molecule has 0 bridgehead atoms. The lowest BCUT2D eigenvalue weighted by atomic mass is 9.95. The van der Waals surface area contributed by atoms with E-state index in [2.05, 4.69) is 22.5 Å². The van der Waals surface area contributed by atoms with Crippen molar-refractivity contribution < 1.29 is 24.2 Å². The van der Waals surface area contributed by atoms with E-state index < -0.39 is 12.0 Å². The van der Waals surface area contributed by atoms with Gasteiger partial charge in [0.2, 0.25) is 0 Å². The Labute approximate surface area is 215 Å². The van der Waals surface area contributed by atoms with Gasteiger partial charge < -0.3 is 30.1 Å². The van der Waals surface area contributed by atoms with Crippen LogP contribution in [0.15, 0.2) is 36.4 Å². The zero-order chi connectivity index (χ0) is 25.4. The van der Waals surface area contributed by atoms with Crippen LogP contribution in [0.25, 0.3) is 0 Å². The third-order valence-electron chi connectivity index (χ3n) is 5.99. The summed E-state index contributed by atoms with van der Waals surface area (Å²) in [5.41, 5.74) is 2.61. The number of amides is 2. The largest absolute Gasteiger partial charge is 0.481 e. The second-order valence-electron chi connectivity index (χ2n) is 8.36. The molecule has 0 saturated carbocycles. The highest BCUT2D eigenvalue weighted by Crippen LogP contribution is 2.34. The van der Waals surface area contributed by atoms with Crippen molar-refractivity contribution >= 4 is 52.3 Å². The Bertz CT molecular complexity index is 1030. The molecule has 8 nitrogen and oxygen atoms in total. The summed E-state index contributed by atoms with van der Waals surface area (Å²) in [6.07, 6.45) is 1.68. The standard InChI is InChI=1S/C25H31Cl2N3O5/c1-3-30(19-8-10-35-11-9-19)23-7-4-16(17(15-34-2)13-24(31)32)12-22(23)29-25(33)28-21-6-5-18(26)14-20(21)27/h4-7,12,14,17,19H,3,8-11,13,15H2,1-2H3,(H,31,32)(H2,28,29,33)/t17-/m1/s1. The van der Waals surface area contributed by atoms with Crippen molar-refractivity contribution in [1.82, 2.24) is 0 Å². The van der Waals surface area contributed by atoms with E-state index in [1.807, 2.05) is 18.2 Å². The number of carbonyl (C=O) groups excluding carboxylic acids is 1. The van der Waals surface area contributed by atoms with Crippen LogP contribution >= 0.6 is 23.2 Å². The second kappa shape index (κ2) is 13.0. The molecule has 1 heterocycles. The fourth-order valence-electron chi connectivity index (χ4n) is 4.33. The molecule has 2 amide bonds. The van der Waals surface area contributed by atoms with Gasteiger partial charge in [-0.1, -0.05) is 29.3 Å².